The van der Waals surface area contributed by atoms with Gasteiger partial charge in [0.1, 0.15) is 6.67 Å². The van der Waals surface area contributed by atoms with E-state index in [1.165, 1.54) is 30.4 Å². The van der Waals surface area contributed by atoms with Crippen LogP contribution in [0.4, 0.5) is 0 Å². The van der Waals surface area contributed by atoms with E-state index in [0.717, 1.165) is 10.7 Å². The summed E-state index contributed by atoms with van der Waals surface area (Å²) in [4.78, 5) is 8.62. The van der Waals surface area contributed by atoms with Crippen LogP contribution in [0.25, 0.3) is 0 Å². The number of nitrogens with zero attached hydrogens (tertiary/aromatic N) is 2. The Morgan fingerprint density at radius 3 is 2.08 bits per heavy atom. The molecule has 0 saturated carbocycles. The Morgan fingerprint density at radius 1 is 0.917 bits per heavy atom. The number of fused-ring (bicyclic) bond motifs is 2. The van der Waals surface area contributed by atoms with Gasteiger partial charge in [0.15, 0.2) is 0 Å². The average Bonchev–Trinajstić information content (AvgIpc) is 2.64. The first-order valence-electron chi connectivity index (χ1n) is 4.44. The highest BCUT2D eigenvalue weighted by atomic mass is 15.0. The molecule has 60 valence electrons. The summed E-state index contributed by atoms with van der Waals surface area (Å²) in [5.41, 5.74) is 2.99. The van der Waals surface area contributed by atoms with E-state index in [2.05, 4.69) is 22.1 Å². The van der Waals surface area contributed by atoms with E-state index in [9.17, 15) is 0 Å². The molecule has 0 N–H and O–H groups in total. The predicted molar refractivity (Wildman–Crippen MR) is 45.6 cm³/mol. The number of aryl methyl sites for hydroxylation is 2. The van der Waals surface area contributed by atoms with Gasteiger partial charge in [0, 0.05) is 0 Å². The molecular formula is C10H10N2. The Labute approximate surface area is 70.7 Å². The molecule has 0 atom stereocenters. The smallest absolute Gasteiger partial charge is 0.130 e. The molecule has 1 aliphatic carbocycles. The maximum atomic E-state index is 4.31. The fraction of sp³-hybridized carbons (Fsp3) is 0.400. The average molecular weight is 158 g/mol. The number of rotatable bonds is 0. The van der Waals surface area contributed by atoms with Crippen LogP contribution in [-0.2, 0) is 12.8 Å². The van der Waals surface area contributed by atoms with Gasteiger partial charge >= 0.3 is 0 Å². The molecule has 1 aromatic carbocycles. The van der Waals surface area contributed by atoms with Crippen molar-refractivity contribution in [2.45, 2.75) is 19.3 Å². The molecule has 0 bridgehead atoms. The minimum Gasteiger partial charge on any atom is -0.260 e. The zero-order valence-corrected chi connectivity index (χ0v) is 6.88. The first kappa shape index (κ1) is 6.35. The van der Waals surface area contributed by atoms with Crippen molar-refractivity contribution in [3.05, 3.63) is 34.0 Å². The lowest BCUT2D eigenvalue weighted by Crippen LogP contribution is -2.22. The van der Waals surface area contributed by atoms with E-state index in [0.29, 0.717) is 6.67 Å². The van der Waals surface area contributed by atoms with Crippen LogP contribution in [0.1, 0.15) is 17.5 Å². The number of hydrogen-bond acceptors (Lipinski definition) is 2. The molecule has 0 fully saturated rings. The molecule has 0 unspecified atom stereocenters. The molecule has 0 amide bonds. The summed E-state index contributed by atoms with van der Waals surface area (Å²) < 4.78 is 0. The Balaban J connectivity index is 2.40. The molecule has 3 rings (SSSR count). The van der Waals surface area contributed by atoms with E-state index in [4.69, 9.17) is 0 Å². The monoisotopic (exact) mass is 158 g/mol. The minimum absolute atomic E-state index is 0.637. The van der Waals surface area contributed by atoms with Crippen LogP contribution in [0.2, 0.25) is 0 Å². The van der Waals surface area contributed by atoms with E-state index in [1.54, 1.807) is 0 Å². The molecule has 12 heavy (non-hydrogen) atoms. The van der Waals surface area contributed by atoms with Crippen molar-refractivity contribution in [2.24, 2.45) is 9.98 Å². The first-order chi connectivity index (χ1) is 5.93. The van der Waals surface area contributed by atoms with Crippen molar-refractivity contribution in [1.29, 1.82) is 0 Å². The molecule has 0 saturated heterocycles. The third-order valence-corrected chi connectivity index (χ3v) is 2.67. The zero-order chi connectivity index (χ0) is 7.97. The fourth-order valence-corrected chi connectivity index (χ4v) is 2.04. The van der Waals surface area contributed by atoms with Crippen LogP contribution in [0.15, 0.2) is 22.1 Å². The lowest BCUT2D eigenvalue weighted by molar-refractivity contribution is 0.910. The van der Waals surface area contributed by atoms with Crippen LogP contribution in [0, 0.1) is 0 Å². The normalized spacial score (nSPS) is 18.0. The van der Waals surface area contributed by atoms with Gasteiger partial charge in [0.25, 0.3) is 0 Å². The molecule has 1 aliphatic heterocycles. The van der Waals surface area contributed by atoms with Crippen molar-refractivity contribution in [1.82, 2.24) is 0 Å². The van der Waals surface area contributed by atoms with Crippen molar-refractivity contribution < 1.29 is 0 Å². The van der Waals surface area contributed by atoms with Gasteiger partial charge in [-0.2, -0.15) is 0 Å². The molecule has 1 aromatic rings. The van der Waals surface area contributed by atoms with Gasteiger partial charge in [-0.25, -0.2) is 0 Å². The number of hydrogen-bond donors (Lipinski definition) is 0. The van der Waals surface area contributed by atoms with Gasteiger partial charge in [-0.05, 0) is 42.5 Å². The molecular weight excluding hydrogens is 148 g/mol. The third kappa shape index (κ3) is 0.750. The van der Waals surface area contributed by atoms with Crippen molar-refractivity contribution in [3.63, 3.8) is 0 Å². The highest BCUT2D eigenvalue weighted by Gasteiger charge is 2.11. The molecule has 0 radical (unpaired) electrons. The highest BCUT2D eigenvalue weighted by Crippen LogP contribution is 2.18. The maximum Gasteiger partial charge on any atom is 0.130 e. The summed E-state index contributed by atoms with van der Waals surface area (Å²) in [6.45, 7) is 0.637. The summed E-state index contributed by atoms with van der Waals surface area (Å²) >= 11 is 0. The molecule has 0 aromatic heterocycles. The van der Waals surface area contributed by atoms with E-state index in [1.807, 2.05) is 0 Å². The molecule has 2 heteroatoms. The lowest BCUT2D eigenvalue weighted by atomic mass is 10.1. The minimum atomic E-state index is 0.637. The van der Waals surface area contributed by atoms with Gasteiger partial charge in [-0.3, -0.25) is 9.98 Å². The Hall–Kier alpha value is -1.18. The fourth-order valence-electron chi connectivity index (χ4n) is 2.04. The van der Waals surface area contributed by atoms with E-state index in [-0.39, 0.29) is 0 Å². The quantitative estimate of drug-likeness (QED) is 0.521. The predicted octanol–water partition coefficient (Wildman–Crippen LogP) is 0.386. The maximum absolute atomic E-state index is 4.31. The summed E-state index contributed by atoms with van der Waals surface area (Å²) in [6, 6.07) is 4.43. The highest BCUT2D eigenvalue weighted by molar-refractivity contribution is 5.30. The van der Waals surface area contributed by atoms with Crippen LogP contribution >= 0.6 is 0 Å². The zero-order valence-electron chi connectivity index (χ0n) is 6.88. The molecule has 0 spiro atoms. The van der Waals surface area contributed by atoms with Crippen molar-refractivity contribution in [2.75, 3.05) is 6.67 Å². The first-order valence-corrected chi connectivity index (χ1v) is 4.44. The van der Waals surface area contributed by atoms with Gasteiger partial charge in [0.2, 0.25) is 0 Å². The van der Waals surface area contributed by atoms with E-state index < -0.39 is 0 Å². The summed E-state index contributed by atoms with van der Waals surface area (Å²) in [6.07, 6.45) is 3.77. The lowest BCUT2D eigenvalue weighted by Gasteiger charge is -1.94. The SMILES string of the molecule is c1c2c(cc3c1=NCN=3)CCC2. The molecule has 2 aliphatic rings. The van der Waals surface area contributed by atoms with Gasteiger partial charge < -0.3 is 0 Å². The summed E-state index contributed by atoms with van der Waals surface area (Å²) in [7, 11) is 0. The second kappa shape index (κ2) is 2.16. The molecule has 1 heterocycles. The van der Waals surface area contributed by atoms with Gasteiger partial charge in [0.05, 0.1) is 10.7 Å². The third-order valence-electron chi connectivity index (χ3n) is 2.67. The number of benzene rings is 1. The van der Waals surface area contributed by atoms with Crippen LogP contribution in [0.3, 0.4) is 0 Å². The largest absolute Gasteiger partial charge is 0.260 e. The molecule has 2 nitrogen and oxygen atoms in total. The van der Waals surface area contributed by atoms with E-state index >= 15 is 0 Å². The van der Waals surface area contributed by atoms with Crippen molar-refractivity contribution >= 4 is 0 Å². The van der Waals surface area contributed by atoms with Gasteiger partial charge in [-0.1, -0.05) is 0 Å². The second-order valence-corrected chi connectivity index (χ2v) is 3.42. The van der Waals surface area contributed by atoms with Crippen LogP contribution in [0.5, 0.6) is 0 Å². The second-order valence-electron chi connectivity index (χ2n) is 3.42. The topological polar surface area (TPSA) is 24.7 Å². The van der Waals surface area contributed by atoms with Crippen molar-refractivity contribution in [3.8, 4) is 0 Å². The summed E-state index contributed by atoms with van der Waals surface area (Å²) in [5, 5.41) is 2.21. The summed E-state index contributed by atoms with van der Waals surface area (Å²) in [5.74, 6) is 0. The Bertz CT molecular complexity index is 405. The van der Waals surface area contributed by atoms with Gasteiger partial charge in [-0.15, -0.1) is 0 Å². The Kier molecular flexibility index (Phi) is 1.14. The van der Waals surface area contributed by atoms with Crippen LogP contribution < -0.4 is 10.7 Å². The Morgan fingerprint density at radius 2 is 1.50 bits per heavy atom. The van der Waals surface area contributed by atoms with Crippen LogP contribution in [-0.4, -0.2) is 6.67 Å². The standard InChI is InChI=1S/C10H10N2/c1-2-7-4-9-10(12-6-11-9)5-8(7)3-1/h4-5H,1-3,6H2.